The monoisotopic (exact) mass is 225 g/mol. The van der Waals surface area contributed by atoms with Gasteiger partial charge in [0.2, 0.25) is 5.89 Å². The van der Waals surface area contributed by atoms with Crippen molar-refractivity contribution < 1.29 is 9.63 Å². The summed E-state index contributed by atoms with van der Waals surface area (Å²) >= 11 is 0. The van der Waals surface area contributed by atoms with Gasteiger partial charge in [0.15, 0.2) is 5.82 Å². The van der Waals surface area contributed by atoms with Crippen molar-refractivity contribution in [2.75, 3.05) is 13.1 Å². The van der Waals surface area contributed by atoms with Crippen molar-refractivity contribution in [1.82, 2.24) is 15.0 Å². The predicted molar refractivity (Wildman–Crippen MR) is 58.9 cm³/mol. The van der Waals surface area contributed by atoms with E-state index < -0.39 is 0 Å². The lowest BCUT2D eigenvalue weighted by Gasteiger charge is -2.12. The lowest BCUT2D eigenvalue weighted by molar-refractivity contribution is 0.169. The number of aromatic nitrogens is 2. The second kappa shape index (κ2) is 4.14. The van der Waals surface area contributed by atoms with E-state index in [1.54, 1.807) is 0 Å². The van der Waals surface area contributed by atoms with Crippen molar-refractivity contribution in [3.05, 3.63) is 11.7 Å². The molecule has 5 heteroatoms. The molecule has 1 unspecified atom stereocenters. The Balaban J connectivity index is 1.98. The number of β-amino-alcohol motifs (C(OH)–C–C–N with tert-alkyl or cyclic N) is 1. The molecule has 0 bridgehead atoms. The molecule has 2 heterocycles. The van der Waals surface area contributed by atoms with Crippen LogP contribution < -0.4 is 0 Å². The molecule has 1 atom stereocenters. The fourth-order valence-electron chi connectivity index (χ4n) is 1.77. The molecular weight excluding hydrogens is 206 g/mol. The predicted octanol–water partition coefficient (Wildman–Crippen LogP) is 0.934. The van der Waals surface area contributed by atoms with Gasteiger partial charge in [0.05, 0.1) is 12.6 Å². The third kappa shape index (κ3) is 2.59. The number of aliphatic hydroxyl groups is 1. The minimum absolute atomic E-state index is 0.0771. The van der Waals surface area contributed by atoms with Gasteiger partial charge in [-0.05, 0) is 6.42 Å². The number of rotatable bonds is 2. The van der Waals surface area contributed by atoms with E-state index in [4.69, 9.17) is 4.52 Å². The van der Waals surface area contributed by atoms with Gasteiger partial charge in [-0.2, -0.15) is 4.98 Å². The molecule has 0 radical (unpaired) electrons. The quantitative estimate of drug-likeness (QED) is 0.811. The zero-order chi connectivity index (χ0) is 11.8. The highest BCUT2D eigenvalue weighted by atomic mass is 16.5. The Labute approximate surface area is 95.4 Å². The van der Waals surface area contributed by atoms with Crippen molar-refractivity contribution >= 4 is 0 Å². The summed E-state index contributed by atoms with van der Waals surface area (Å²) in [4.78, 5) is 6.50. The summed E-state index contributed by atoms with van der Waals surface area (Å²) in [5.41, 5.74) is -0.0771. The summed E-state index contributed by atoms with van der Waals surface area (Å²) in [6.45, 7) is 8.41. The smallest absolute Gasteiger partial charge is 0.240 e. The first-order valence-electron chi connectivity index (χ1n) is 5.68. The standard InChI is InChI=1S/C11H19N3O2/c1-11(2,3)10-12-9(16-13-10)7-14-5-4-8(15)6-14/h8,15H,4-7H2,1-3H3. The molecule has 0 amide bonds. The van der Waals surface area contributed by atoms with Gasteiger partial charge in [-0.3, -0.25) is 4.90 Å². The normalized spacial score (nSPS) is 22.9. The molecule has 5 nitrogen and oxygen atoms in total. The van der Waals surface area contributed by atoms with E-state index in [9.17, 15) is 5.11 Å². The van der Waals surface area contributed by atoms with Gasteiger partial charge < -0.3 is 9.63 Å². The van der Waals surface area contributed by atoms with Crippen LogP contribution in [-0.4, -0.2) is 39.3 Å². The number of nitrogens with zero attached hydrogens (tertiary/aromatic N) is 3. The minimum Gasteiger partial charge on any atom is -0.392 e. The Hall–Kier alpha value is -0.940. The van der Waals surface area contributed by atoms with Gasteiger partial charge in [0, 0.05) is 18.5 Å². The molecule has 1 aromatic rings. The van der Waals surface area contributed by atoms with E-state index in [0.717, 1.165) is 18.8 Å². The van der Waals surface area contributed by atoms with Crippen molar-refractivity contribution in [1.29, 1.82) is 0 Å². The van der Waals surface area contributed by atoms with Crippen LogP contribution in [0.1, 0.15) is 38.9 Å². The first-order valence-corrected chi connectivity index (χ1v) is 5.68. The fraction of sp³-hybridized carbons (Fsp3) is 0.818. The molecule has 0 saturated carbocycles. The zero-order valence-corrected chi connectivity index (χ0v) is 10.1. The summed E-state index contributed by atoms with van der Waals surface area (Å²) in [6, 6.07) is 0. The molecule has 0 spiro atoms. The van der Waals surface area contributed by atoms with Crippen molar-refractivity contribution in [2.24, 2.45) is 0 Å². The number of hydrogen-bond donors (Lipinski definition) is 1. The summed E-state index contributed by atoms with van der Waals surface area (Å²) in [5.74, 6) is 1.38. The molecule has 1 fully saturated rings. The van der Waals surface area contributed by atoms with Crippen molar-refractivity contribution in [3.63, 3.8) is 0 Å². The molecule has 16 heavy (non-hydrogen) atoms. The van der Waals surface area contributed by atoms with Crippen LogP contribution >= 0.6 is 0 Å². The number of hydrogen-bond acceptors (Lipinski definition) is 5. The Kier molecular flexibility index (Phi) is 2.99. The molecule has 90 valence electrons. The molecule has 1 N–H and O–H groups in total. The maximum Gasteiger partial charge on any atom is 0.240 e. The topological polar surface area (TPSA) is 62.4 Å². The van der Waals surface area contributed by atoms with Gasteiger partial charge in [0.1, 0.15) is 0 Å². The SMILES string of the molecule is CC(C)(C)c1noc(CN2CCC(O)C2)n1. The van der Waals surface area contributed by atoms with Gasteiger partial charge in [-0.15, -0.1) is 0 Å². The van der Waals surface area contributed by atoms with Crippen LogP contribution in [0.25, 0.3) is 0 Å². The molecule has 1 saturated heterocycles. The van der Waals surface area contributed by atoms with E-state index in [1.807, 2.05) is 0 Å². The first-order chi connectivity index (χ1) is 7.45. The number of aliphatic hydroxyl groups excluding tert-OH is 1. The van der Waals surface area contributed by atoms with Crippen LogP contribution in [0, 0.1) is 0 Å². The van der Waals surface area contributed by atoms with Crippen LogP contribution in [0.3, 0.4) is 0 Å². The summed E-state index contributed by atoms with van der Waals surface area (Å²) < 4.78 is 5.20. The molecular formula is C11H19N3O2. The van der Waals surface area contributed by atoms with E-state index >= 15 is 0 Å². The Morgan fingerprint density at radius 2 is 2.25 bits per heavy atom. The van der Waals surface area contributed by atoms with Gasteiger partial charge in [-0.1, -0.05) is 25.9 Å². The minimum atomic E-state index is -0.204. The average molecular weight is 225 g/mol. The van der Waals surface area contributed by atoms with E-state index in [1.165, 1.54) is 0 Å². The molecule has 1 aliphatic heterocycles. The van der Waals surface area contributed by atoms with Crippen LogP contribution in [0.2, 0.25) is 0 Å². The molecule has 2 rings (SSSR count). The van der Waals surface area contributed by atoms with E-state index in [0.29, 0.717) is 19.0 Å². The van der Waals surface area contributed by atoms with Crippen LogP contribution in [0.5, 0.6) is 0 Å². The Morgan fingerprint density at radius 1 is 1.50 bits per heavy atom. The highest BCUT2D eigenvalue weighted by Gasteiger charge is 2.24. The second-order valence-electron chi connectivity index (χ2n) is 5.44. The summed E-state index contributed by atoms with van der Waals surface area (Å²) in [5, 5.41) is 13.4. The van der Waals surface area contributed by atoms with Gasteiger partial charge in [0.25, 0.3) is 0 Å². The average Bonchev–Trinajstić information content (AvgIpc) is 2.74. The third-order valence-corrected chi connectivity index (χ3v) is 2.75. The summed E-state index contributed by atoms with van der Waals surface area (Å²) in [6.07, 6.45) is 0.630. The van der Waals surface area contributed by atoms with E-state index in [-0.39, 0.29) is 11.5 Å². The molecule has 1 aromatic heterocycles. The fourth-order valence-corrected chi connectivity index (χ4v) is 1.77. The largest absolute Gasteiger partial charge is 0.392 e. The van der Waals surface area contributed by atoms with E-state index in [2.05, 4.69) is 35.8 Å². The Morgan fingerprint density at radius 3 is 2.75 bits per heavy atom. The molecule has 1 aliphatic rings. The zero-order valence-electron chi connectivity index (χ0n) is 10.1. The number of likely N-dealkylation sites (tertiary alicyclic amines) is 1. The lowest BCUT2D eigenvalue weighted by atomic mass is 9.96. The van der Waals surface area contributed by atoms with Crippen molar-refractivity contribution in [2.45, 2.75) is 45.3 Å². The highest BCUT2D eigenvalue weighted by molar-refractivity contribution is 5.00. The maximum absolute atomic E-state index is 9.40. The van der Waals surface area contributed by atoms with Crippen LogP contribution in [0.4, 0.5) is 0 Å². The second-order valence-corrected chi connectivity index (χ2v) is 5.44. The first kappa shape index (κ1) is 11.5. The van der Waals surface area contributed by atoms with Crippen LogP contribution in [-0.2, 0) is 12.0 Å². The highest BCUT2D eigenvalue weighted by Crippen LogP contribution is 2.19. The lowest BCUT2D eigenvalue weighted by Crippen LogP contribution is -2.22. The summed E-state index contributed by atoms with van der Waals surface area (Å²) in [7, 11) is 0. The maximum atomic E-state index is 9.40. The van der Waals surface area contributed by atoms with Crippen molar-refractivity contribution in [3.8, 4) is 0 Å². The van der Waals surface area contributed by atoms with Crippen LogP contribution in [0.15, 0.2) is 4.52 Å². The Bertz CT molecular complexity index is 356. The third-order valence-electron chi connectivity index (χ3n) is 2.75. The molecule has 0 aromatic carbocycles. The van der Waals surface area contributed by atoms with Gasteiger partial charge in [-0.25, -0.2) is 0 Å². The van der Waals surface area contributed by atoms with Gasteiger partial charge >= 0.3 is 0 Å². The molecule has 0 aliphatic carbocycles.